The van der Waals surface area contributed by atoms with Crippen LogP contribution in [0.15, 0.2) is 76.5 Å². The monoisotopic (exact) mass is 496 g/mol. The number of fused-ring (bicyclic) bond motifs is 1. The molecule has 0 unspecified atom stereocenters. The second-order valence-corrected chi connectivity index (χ2v) is 10.8. The summed E-state index contributed by atoms with van der Waals surface area (Å²) in [7, 11) is 0. The maximum Gasteiger partial charge on any atom is 0.265 e. The Balaban J connectivity index is 1.40. The van der Waals surface area contributed by atoms with Crippen LogP contribution >= 0.6 is 11.8 Å². The van der Waals surface area contributed by atoms with Crippen molar-refractivity contribution in [3.8, 4) is 0 Å². The fourth-order valence-electron chi connectivity index (χ4n) is 4.89. The number of rotatable bonds is 4. The molecule has 0 spiro atoms. The van der Waals surface area contributed by atoms with Crippen LogP contribution in [0, 0.1) is 13.8 Å². The van der Waals surface area contributed by atoms with Gasteiger partial charge in [0.25, 0.3) is 11.8 Å². The molecule has 3 aromatic rings. The van der Waals surface area contributed by atoms with E-state index in [1.165, 1.54) is 35.7 Å². The maximum atomic E-state index is 13.7. The summed E-state index contributed by atoms with van der Waals surface area (Å²) in [5.74, 6) is 0.108. The second kappa shape index (κ2) is 10.8. The fraction of sp³-hybridized carbons (Fsp3) is 0.290. The highest BCUT2D eigenvalue weighted by Gasteiger charge is 2.29. The molecule has 2 amide bonds. The van der Waals surface area contributed by atoms with Crippen molar-refractivity contribution in [3.63, 3.8) is 0 Å². The van der Waals surface area contributed by atoms with Crippen LogP contribution in [0.4, 0.5) is 5.69 Å². The van der Waals surface area contributed by atoms with Gasteiger partial charge in [-0.3, -0.25) is 9.59 Å². The molecule has 36 heavy (non-hydrogen) atoms. The van der Waals surface area contributed by atoms with E-state index in [-0.39, 0.29) is 11.8 Å². The number of carbonyl (C=O) groups is 2. The van der Waals surface area contributed by atoms with Crippen molar-refractivity contribution < 1.29 is 9.59 Å². The quantitative estimate of drug-likeness (QED) is 0.365. The topological polar surface area (TPSA) is 40.6 Å². The normalized spacial score (nSPS) is 17.2. The van der Waals surface area contributed by atoms with Crippen LogP contribution < -0.4 is 4.90 Å². The van der Waals surface area contributed by atoms with Gasteiger partial charge < -0.3 is 9.80 Å². The first-order valence-corrected chi connectivity index (χ1v) is 13.6. The van der Waals surface area contributed by atoms with Crippen LogP contribution in [0.5, 0.6) is 0 Å². The zero-order chi connectivity index (χ0) is 25.1. The third-order valence-corrected chi connectivity index (χ3v) is 8.09. The van der Waals surface area contributed by atoms with Gasteiger partial charge in [-0.15, -0.1) is 0 Å². The lowest BCUT2D eigenvalue weighted by Gasteiger charge is -2.31. The van der Waals surface area contributed by atoms with Crippen molar-refractivity contribution in [1.82, 2.24) is 4.90 Å². The van der Waals surface area contributed by atoms with Gasteiger partial charge in [-0.05, 0) is 73.7 Å². The van der Waals surface area contributed by atoms with Gasteiger partial charge >= 0.3 is 0 Å². The first-order valence-electron chi connectivity index (χ1n) is 12.8. The third kappa shape index (κ3) is 5.26. The lowest BCUT2D eigenvalue weighted by atomic mass is 10.0. The Morgan fingerprint density at radius 1 is 0.917 bits per heavy atom. The second-order valence-electron chi connectivity index (χ2n) is 9.73. The number of carbonyl (C=O) groups excluding carboxylic acids is 2. The SMILES string of the molecule is Cc1ccc(C)c(CN2C(=O)/C(=C/c3ccc(C(=O)N4CCCCCC4)cc3)Sc3ccccc32)c1. The molecule has 3 aromatic carbocycles. The number of hydrogen-bond acceptors (Lipinski definition) is 3. The molecule has 0 radical (unpaired) electrons. The Morgan fingerprint density at radius 2 is 1.64 bits per heavy atom. The Kier molecular flexibility index (Phi) is 7.28. The van der Waals surface area contributed by atoms with Crippen LogP contribution in [0.2, 0.25) is 0 Å². The molecule has 0 bridgehead atoms. The van der Waals surface area contributed by atoms with Gasteiger partial charge in [0.05, 0.1) is 17.1 Å². The molecule has 5 heteroatoms. The zero-order valence-electron chi connectivity index (χ0n) is 21.0. The summed E-state index contributed by atoms with van der Waals surface area (Å²) in [6.45, 7) is 6.38. The molecular formula is C31H32N2O2S. The van der Waals surface area contributed by atoms with Crippen molar-refractivity contribution in [3.05, 3.63) is 99.5 Å². The molecule has 184 valence electrons. The predicted molar refractivity (Wildman–Crippen MR) is 148 cm³/mol. The van der Waals surface area contributed by atoms with Gasteiger partial charge in [0.15, 0.2) is 0 Å². The number of aryl methyl sites for hydroxylation is 2. The molecule has 0 aromatic heterocycles. The highest BCUT2D eigenvalue weighted by molar-refractivity contribution is 8.04. The van der Waals surface area contributed by atoms with Gasteiger partial charge in [-0.25, -0.2) is 0 Å². The molecule has 2 heterocycles. The lowest BCUT2D eigenvalue weighted by molar-refractivity contribution is -0.114. The van der Waals surface area contributed by atoms with Crippen LogP contribution in [0.3, 0.4) is 0 Å². The van der Waals surface area contributed by atoms with E-state index < -0.39 is 0 Å². The summed E-state index contributed by atoms with van der Waals surface area (Å²) in [6, 6.07) is 22.1. The number of benzene rings is 3. The number of thioether (sulfide) groups is 1. The Hall–Kier alpha value is -3.31. The summed E-state index contributed by atoms with van der Waals surface area (Å²) in [4.78, 5) is 32.3. The maximum absolute atomic E-state index is 13.7. The Morgan fingerprint density at radius 3 is 2.39 bits per heavy atom. The highest BCUT2D eigenvalue weighted by atomic mass is 32.2. The number of hydrogen-bond donors (Lipinski definition) is 0. The number of nitrogens with zero attached hydrogens (tertiary/aromatic N) is 2. The minimum absolute atomic E-state index is 0.00401. The zero-order valence-corrected chi connectivity index (χ0v) is 21.8. The van der Waals surface area contributed by atoms with Crippen LogP contribution in [0.1, 0.15) is 58.3 Å². The van der Waals surface area contributed by atoms with E-state index in [9.17, 15) is 9.59 Å². The van der Waals surface area contributed by atoms with Crippen LogP contribution in [-0.2, 0) is 11.3 Å². The third-order valence-electron chi connectivity index (χ3n) is 7.01. The van der Waals surface area contributed by atoms with Crippen LogP contribution in [-0.4, -0.2) is 29.8 Å². The molecule has 2 aliphatic rings. The standard InChI is InChI=1S/C31H32N2O2S/c1-22-11-12-23(2)26(19-22)21-33-27-9-5-6-10-28(27)36-29(31(33)35)20-24-13-15-25(16-14-24)30(34)32-17-7-3-4-8-18-32/h5-6,9-16,19-20H,3-4,7-8,17-18,21H2,1-2H3/b29-20-. The molecule has 2 aliphatic heterocycles. The largest absolute Gasteiger partial charge is 0.339 e. The first kappa shape index (κ1) is 24.4. The van der Waals surface area contributed by atoms with Gasteiger partial charge in [0, 0.05) is 23.5 Å². The number of amides is 2. The molecule has 5 rings (SSSR count). The molecule has 0 saturated carbocycles. The Bertz CT molecular complexity index is 1300. The van der Waals surface area contributed by atoms with Crippen molar-refractivity contribution in [2.75, 3.05) is 18.0 Å². The minimum Gasteiger partial charge on any atom is -0.339 e. The number of likely N-dealkylation sites (tertiary alicyclic amines) is 1. The smallest absolute Gasteiger partial charge is 0.265 e. The van der Waals surface area contributed by atoms with Crippen molar-refractivity contribution in [1.29, 1.82) is 0 Å². The van der Waals surface area contributed by atoms with E-state index in [0.717, 1.165) is 47.6 Å². The van der Waals surface area contributed by atoms with Gasteiger partial charge in [0.2, 0.25) is 0 Å². The van der Waals surface area contributed by atoms with E-state index >= 15 is 0 Å². The van der Waals surface area contributed by atoms with Crippen molar-refractivity contribution in [2.45, 2.75) is 51.0 Å². The molecule has 0 aliphatic carbocycles. The predicted octanol–water partition coefficient (Wildman–Crippen LogP) is 7.00. The average molecular weight is 497 g/mol. The summed E-state index contributed by atoms with van der Waals surface area (Å²) in [6.07, 6.45) is 6.50. The molecular weight excluding hydrogens is 464 g/mol. The Labute approximate surface area is 218 Å². The number of anilines is 1. The fourth-order valence-corrected chi connectivity index (χ4v) is 5.95. The van der Waals surface area contributed by atoms with Gasteiger partial charge in [-0.1, -0.05) is 72.6 Å². The van der Waals surface area contributed by atoms with Crippen molar-refractivity contribution in [2.24, 2.45) is 0 Å². The average Bonchev–Trinajstić information content (AvgIpc) is 3.18. The first-order chi connectivity index (χ1) is 17.5. The lowest BCUT2D eigenvalue weighted by Crippen LogP contribution is -2.34. The van der Waals surface area contributed by atoms with E-state index in [2.05, 4.69) is 38.1 Å². The van der Waals surface area contributed by atoms with E-state index in [4.69, 9.17) is 0 Å². The molecule has 1 saturated heterocycles. The van der Waals surface area contributed by atoms with E-state index in [0.29, 0.717) is 17.0 Å². The van der Waals surface area contributed by atoms with Crippen molar-refractivity contribution >= 4 is 35.3 Å². The van der Waals surface area contributed by atoms with Crippen LogP contribution in [0.25, 0.3) is 6.08 Å². The van der Waals surface area contributed by atoms with E-state index in [1.807, 2.05) is 58.3 Å². The van der Waals surface area contributed by atoms with Gasteiger partial charge in [0.1, 0.15) is 0 Å². The van der Waals surface area contributed by atoms with E-state index in [1.54, 1.807) is 0 Å². The number of para-hydroxylation sites is 1. The molecule has 4 nitrogen and oxygen atoms in total. The molecule has 0 atom stereocenters. The van der Waals surface area contributed by atoms with Gasteiger partial charge in [-0.2, -0.15) is 0 Å². The summed E-state index contributed by atoms with van der Waals surface area (Å²) in [5.41, 5.74) is 6.10. The summed E-state index contributed by atoms with van der Waals surface area (Å²) >= 11 is 1.51. The summed E-state index contributed by atoms with van der Waals surface area (Å²) < 4.78 is 0. The molecule has 0 N–H and O–H groups in total. The highest BCUT2D eigenvalue weighted by Crippen LogP contribution is 2.42. The molecule has 1 fully saturated rings. The minimum atomic E-state index is 0.00401. The summed E-state index contributed by atoms with van der Waals surface area (Å²) in [5, 5.41) is 0.